The van der Waals surface area contributed by atoms with Crippen LogP contribution in [0.15, 0.2) is 36.4 Å². The van der Waals surface area contributed by atoms with Crippen molar-refractivity contribution in [1.82, 2.24) is 4.98 Å². The van der Waals surface area contributed by atoms with Crippen molar-refractivity contribution in [2.24, 2.45) is 5.92 Å². The second kappa shape index (κ2) is 7.44. The summed E-state index contributed by atoms with van der Waals surface area (Å²) in [6.07, 6.45) is 1.75. The van der Waals surface area contributed by atoms with E-state index in [1.54, 1.807) is 12.1 Å². The number of thiazole rings is 1. The van der Waals surface area contributed by atoms with Gasteiger partial charge in [0.05, 0.1) is 16.1 Å². The number of amides is 1. The monoisotopic (exact) mass is 403 g/mol. The number of carbonyl (C=O) groups is 1. The summed E-state index contributed by atoms with van der Waals surface area (Å²) in [5, 5.41) is 4.45. The van der Waals surface area contributed by atoms with Crippen LogP contribution in [0.3, 0.4) is 0 Å². The third-order valence-corrected chi connectivity index (χ3v) is 6.17. The Hall–Kier alpha value is -2.18. The number of rotatable bonds is 3. The molecule has 0 saturated carbocycles. The van der Waals surface area contributed by atoms with Gasteiger partial charge < -0.3 is 10.2 Å². The van der Waals surface area contributed by atoms with E-state index in [4.69, 9.17) is 11.6 Å². The number of aromatic nitrogens is 1. The Morgan fingerprint density at radius 2 is 2.19 bits per heavy atom. The van der Waals surface area contributed by atoms with Crippen LogP contribution in [0.4, 0.5) is 15.2 Å². The lowest BCUT2D eigenvalue weighted by molar-refractivity contribution is -0.120. The summed E-state index contributed by atoms with van der Waals surface area (Å²) < 4.78 is 14.3. The molecule has 7 heteroatoms. The van der Waals surface area contributed by atoms with Gasteiger partial charge in [0.25, 0.3) is 0 Å². The van der Waals surface area contributed by atoms with Crippen LogP contribution in [-0.4, -0.2) is 24.0 Å². The molecular weight excluding hydrogens is 385 g/mol. The lowest BCUT2D eigenvalue weighted by Crippen LogP contribution is -2.40. The third kappa shape index (κ3) is 3.92. The zero-order valence-corrected chi connectivity index (χ0v) is 16.4. The van der Waals surface area contributed by atoms with Crippen molar-refractivity contribution in [3.05, 3.63) is 52.8 Å². The van der Waals surface area contributed by atoms with E-state index in [2.05, 4.69) is 15.2 Å². The summed E-state index contributed by atoms with van der Waals surface area (Å²) in [4.78, 5) is 19.5. The fourth-order valence-electron chi connectivity index (χ4n) is 3.35. The van der Waals surface area contributed by atoms with E-state index in [9.17, 15) is 9.18 Å². The molecule has 0 aliphatic carbocycles. The van der Waals surface area contributed by atoms with E-state index < -0.39 is 0 Å². The first-order chi connectivity index (χ1) is 13.0. The first-order valence-electron chi connectivity index (χ1n) is 8.87. The number of nitrogens with one attached hydrogen (secondary N) is 1. The van der Waals surface area contributed by atoms with Crippen molar-refractivity contribution in [1.29, 1.82) is 0 Å². The van der Waals surface area contributed by atoms with Gasteiger partial charge in [-0.3, -0.25) is 4.79 Å². The molecule has 0 radical (unpaired) electrons. The molecule has 4 nitrogen and oxygen atoms in total. The standard InChI is InChI=1S/C20H19ClFN3OS/c1-12-4-5-14(21)9-17(12)23-19(26)13-3-2-8-25(11-13)20-24-16-7-6-15(22)10-18(16)27-20/h4-7,9-10,13H,2-3,8,11H2,1H3,(H,23,26). The molecular formula is C20H19ClFN3OS. The average molecular weight is 404 g/mol. The van der Waals surface area contributed by atoms with Crippen LogP contribution in [-0.2, 0) is 4.79 Å². The van der Waals surface area contributed by atoms with Crippen LogP contribution >= 0.6 is 22.9 Å². The highest BCUT2D eigenvalue weighted by Crippen LogP contribution is 2.32. The van der Waals surface area contributed by atoms with Gasteiger partial charge in [-0.15, -0.1) is 0 Å². The number of halogens is 2. The fraction of sp³-hybridized carbons (Fsp3) is 0.300. The molecule has 4 rings (SSSR count). The summed E-state index contributed by atoms with van der Waals surface area (Å²) in [6.45, 7) is 3.40. The smallest absolute Gasteiger partial charge is 0.229 e. The molecule has 1 saturated heterocycles. The molecule has 1 unspecified atom stereocenters. The Labute approximate surface area is 166 Å². The zero-order chi connectivity index (χ0) is 19.0. The molecule has 1 N–H and O–H groups in total. The number of hydrogen-bond acceptors (Lipinski definition) is 4. The highest BCUT2D eigenvalue weighted by atomic mass is 35.5. The minimum absolute atomic E-state index is 0.00257. The Morgan fingerprint density at radius 3 is 3.04 bits per heavy atom. The number of carbonyl (C=O) groups excluding carboxylic acids is 1. The Bertz CT molecular complexity index is 1010. The maximum absolute atomic E-state index is 13.4. The average Bonchev–Trinajstić information content (AvgIpc) is 3.08. The fourth-order valence-corrected chi connectivity index (χ4v) is 4.55. The van der Waals surface area contributed by atoms with Crippen LogP contribution in [0.5, 0.6) is 0 Å². The van der Waals surface area contributed by atoms with Crippen LogP contribution in [0.1, 0.15) is 18.4 Å². The highest BCUT2D eigenvalue weighted by molar-refractivity contribution is 7.22. The maximum atomic E-state index is 13.4. The first kappa shape index (κ1) is 18.2. The van der Waals surface area contributed by atoms with E-state index >= 15 is 0 Å². The molecule has 3 aromatic rings. The van der Waals surface area contributed by atoms with Crippen LogP contribution in [0, 0.1) is 18.7 Å². The van der Waals surface area contributed by atoms with Crippen LogP contribution < -0.4 is 10.2 Å². The molecule has 1 aliphatic rings. The number of piperidine rings is 1. The van der Waals surface area contributed by atoms with Gasteiger partial charge in [0.1, 0.15) is 5.82 Å². The van der Waals surface area contributed by atoms with Crippen molar-refractivity contribution in [3.63, 3.8) is 0 Å². The van der Waals surface area contributed by atoms with E-state index in [0.29, 0.717) is 11.6 Å². The molecule has 1 atom stereocenters. The van der Waals surface area contributed by atoms with Crippen molar-refractivity contribution < 1.29 is 9.18 Å². The topological polar surface area (TPSA) is 45.2 Å². The largest absolute Gasteiger partial charge is 0.347 e. The van der Waals surface area contributed by atoms with Crippen molar-refractivity contribution in [3.8, 4) is 0 Å². The zero-order valence-electron chi connectivity index (χ0n) is 14.8. The van der Waals surface area contributed by atoms with E-state index in [0.717, 1.165) is 46.0 Å². The van der Waals surface area contributed by atoms with Gasteiger partial charge in [0.15, 0.2) is 5.13 Å². The molecule has 1 aliphatic heterocycles. The highest BCUT2D eigenvalue weighted by Gasteiger charge is 2.27. The summed E-state index contributed by atoms with van der Waals surface area (Å²) in [5.74, 6) is -0.386. The van der Waals surface area contributed by atoms with Crippen LogP contribution in [0.25, 0.3) is 10.2 Å². The molecule has 140 valence electrons. The summed E-state index contributed by atoms with van der Waals surface area (Å²) in [6, 6.07) is 10.1. The van der Waals surface area contributed by atoms with Gasteiger partial charge in [-0.1, -0.05) is 29.0 Å². The maximum Gasteiger partial charge on any atom is 0.229 e. The van der Waals surface area contributed by atoms with E-state index in [1.807, 2.05) is 19.1 Å². The number of benzene rings is 2. The van der Waals surface area contributed by atoms with Crippen molar-refractivity contribution in [2.75, 3.05) is 23.3 Å². The number of nitrogens with zero attached hydrogens (tertiary/aromatic N) is 2. The third-order valence-electron chi connectivity index (χ3n) is 4.86. The Morgan fingerprint density at radius 1 is 1.33 bits per heavy atom. The van der Waals surface area contributed by atoms with E-state index in [1.165, 1.54) is 23.5 Å². The van der Waals surface area contributed by atoms with Crippen LogP contribution in [0.2, 0.25) is 5.02 Å². The predicted octanol–water partition coefficient (Wildman–Crippen LogP) is 5.25. The predicted molar refractivity (Wildman–Crippen MR) is 109 cm³/mol. The summed E-state index contributed by atoms with van der Waals surface area (Å²) >= 11 is 7.51. The van der Waals surface area contributed by atoms with Gasteiger partial charge in [0, 0.05) is 23.8 Å². The normalized spacial score (nSPS) is 17.3. The molecule has 0 bridgehead atoms. The quantitative estimate of drug-likeness (QED) is 0.649. The molecule has 2 aromatic carbocycles. The minimum Gasteiger partial charge on any atom is -0.347 e. The second-order valence-corrected chi connectivity index (χ2v) is 8.29. The van der Waals surface area contributed by atoms with Gasteiger partial charge in [0.2, 0.25) is 5.91 Å². The van der Waals surface area contributed by atoms with E-state index in [-0.39, 0.29) is 17.6 Å². The second-order valence-electron chi connectivity index (χ2n) is 6.84. The lowest BCUT2D eigenvalue weighted by Gasteiger charge is -2.31. The molecule has 1 aromatic heterocycles. The van der Waals surface area contributed by atoms with Crippen molar-refractivity contribution in [2.45, 2.75) is 19.8 Å². The Balaban J connectivity index is 1.49. The first-order valence-corrected chi connectivity index (χ1v) is 10.1. The van der Waals surface area contributed by atoms with Gasteiger partial charge in [-0.25, -0.2) is 9.37 Å². The van der Waals surface area contributed by atoms with Crippen molar-refractivity contribution >= 4 is 49.9 Å². The summed E-state index contributed by atoms with van der Waals surface area (Å²) in [7, 11) is 0. The molecule has 1 fully saturated rings. The molecule has 2 heterocycles. The SMILES string of the molecule is Cc1ccc(Cl)cc1NC(=O)C1CCCN(c2nc3ccc(F)cc3s2)C1. The molecule has 27 heavy (non-hydrogen) atoms. The minimum atomic E-state index is -0.259. The number of anilines is 2. The Kier molecular flexibility index (Phi) is 5.02. The number of aryl methyl sites for hydroxylation is 1. The summed E-state index contributed by atoms with van der Waals surface area (Å²) in [5.41, 5.74) is 2.52. The lowest BCUT2D eigenvalue weighted by atomic mass is 9.97. The molecule has 0 spiro atoms. The number of fused-ring (bicyclic) bond motifs is 1. The van der Waals surface area contributed by atoms with Gasteiger partial charge in [-0.05, 0) is 55.7 Å². The number of hydrogen-bond donors (Lipinski definition) is 1. The van der Waals surface area contributed by atoms with Gasteiger partial charge >= 0.3 is 0 Å². The van der Waals surface area contributed by atoms with Gasteiger partial charge in [-0.2, -0.15) is 0 Å². The molecule has 1 amide bonds.